The smallest absolute Gasteiger partial charge is 0.411 e. The van der Waals surface area contributed by atoms with Crippen LogP contribution in [0.2, 0.25) is 10.2 Å². The zero-order chi connectivity index (χ0) is 17.8. The second-order valence-corrected chi connectivity index (χ2v) is 6.11. The van der Waals surface area contributed by atoms with E-state index >= 15 is 0 Å². The summed E-state index contributed by atoms with van der Waals surface area (Å²) in [6, 6.07) is 16.3. The highest BCUT2D eigenvalue weighted by atomic mass is 35.5. The molecular weight excluding hydrogens is 361 g/mol. The van der Waals surface area contributed by atoms with E-state index in [9.17, 15) is 4.79 Å². The fourth-order valence-corrected chi connectivity index (χ4v) is 2.81. The van der Waals surface area contributed by atoms with Gasteiger partial charge in [0.2, 0.25) is 0 Å². The van der Waals surface area contributed by atoms with Crippen molar-refractivity contribution in [1.29, 1.82) is 0 Å². The van der Waals surface area contributed by atoms with Gasteiger partial charge in [0.05, 0.1) is 11.4 Å². The number of nitrogens with zero attached hydrogens (tertiary/aromatic N) is 2. The van der Waals surface area contributed by atoms with Gasteiger partial charge in [0, 0.05) is 16.3 Å². The van der Waals surface area contributed by atoms with Gasteiger partial charge in [0.15, 0.2) is 0 Å². The summed E-state index contributed by atoms with van der Waals surface area (Å²) >= 11 is 12.3. The minimum atomic E-state index is -0.592. The molecule has 1 heterocycles. The first-order valence-corrected chi connectivity index (χ1v) is 8.29. The number of amides is 1. The van der Waals surface area contributed by atoms with Crippen molar-refractivity contribution in [2.24, 2.45) is 0 Å². The Bertz CT molecular complexity index is 895. The number of para-hydroxylation sites is 1. The van der Waals surface area contributed by atoms with Gasteiger partial charge in [-0.05, 0) is 37.3 Å². The van der Waals surface area contributed by atoms with E-state index in [2.05, 4.69) is 10.4 Å². The molecule has 0 saturated carbocycles. The zero-order valence-corrected chi connectivity index (χ0v) is 14.9. The Kier molecular flexibility index (Phi) is 5.26. The van der Waals surface area contributed by atoms with Crippen LogP contribution in [-0.2, 0) is 11.3 Å². The van der Waals surface area contributed by atoms with Gasteiger partial charge < -0.3 is 4.74 Å². The van der Waals surface area contributed by atoms with Gasteiger partial charge >= 0.3 is 6.09 Å². The Morgan fingerprint density at radius 2 is 1.92 bits per heavy atom. The molecule has 0 aliphatic rings. The van der Waals surface area contributed by atoms with Crippen molar-refractivity contribution in [2.45, 2.75) is 13.5 Å². The third-order valence-corrected chi connectivity index (χ3v) is 4.16. The molecule has 7 heteroatoms. The molecule has 25 heavy (non-hydrogen) atoms. The molecular formula is C18H15Cl2N3O2. The molecule has 3 rings (SSSR count). The Morgan fingerprint density at radius 1 is 1.16 bits per heavy atom. The summed E-state index contributed by atoms with van der Waals surface area (Å²) in [4.78, 5) is 11.9. The van der Waals surface area contributed by atoms with Crippen molar-refractivity contribution in [1.82, 2.24) is 9.78 Å². The highest BCUT2D eigenvalue weighted by Crippen LogP contribution is 2.24. The highest BCUT2D eigenvalue weighted by Gasteiger charge is 2.16. The maximum absolute atomic E-state index is 11.9. The lowest BCUT2D eigenvalue weighted by atomic mass is 10.3. The number of carbonyl (C=O) groups excluding carboxylic acids is 1. The molecule has 1 N–H and O–H groups in total. The van der Waals surface area contributed by atoms with Gasteiger partial charge in [-0.2, -0.15) is 5.10 Å². The molecule has 1 aromatic heterocycles. The Balaban J connectivity index is 1.69. The lowest BCUT2D eigenvalue weighted by Crippen LogP contribution is -2.13. The van der Waals surface area contributed by atoms with Crippen LogP contribution in [0.5, 0.6) is 0 Å². The summed E-state index contributed by atoms with van der Waals surface area (Å²) in [6.07, 6.45) is -0.592. The fourth-order valence-electron chi connectivity index (χ4n) is 2.29. The number of halogens is 2. The van der Waals surface area contributed by atoms with E-state index in [4.69, 9.17) is 27.9 Å². The number of carbonyl (C=O) groups is 1. The van der Waals surface area contributed by atoms with Gasteiger partial charge in [-0.3, -0.25) is 5.32 Å². The third kappa shape index (κ3) is 4.13. The molecule has 5 nitrogen and oxygen atoms in total. The lowest BCUT2D eigenvalue weighted by Gasteiger charge is -2.07. The zero-order valence-electron chi connectivity index (χ0n) is 13.4. The van der Waals surface area contributed by atoms with Crippen LogP contribution in [0.3, 0.4) is 0 Å². The molecule has 0 spiro atoms. The van der Waals surface area contributed by atoms with Crippen molar-refractivity contribution in [3.8, 4) is 5.69 Å². The van der Waals surface area contributed by atoms with E-state index in [-0.39, 0.29) is 6.61 Å². The Hall–Kier alpha value is -2.50. The molecule has 2 aromatic carbocycles. The average Bonchev–Trinajstić information content (AvgIpc) is 2.88. The molecule has 0 saturated heterocycles. The van der Waals surface area contributed by atoms with Crippen LogP contribution in [-0.4, -0.2) is 15.9 Å². The number of aromatic nitrogens is 2. The van der Waals surface area contributed by atoms with E-state index in [1.54, 1.807) is 28.9 Å². The molecule has 0 unspecified atom stereocenters. The van der Waals surface area contributed by atoms with Crippen molar-refractivity contribution in [3.63, 3.8) is 0 Å². The van der Waals surface area contributed by atoms with Crippen molar-refractivity contribution in [3.05, 3.63) is 76.0 Å². The molecule has 0 aliphatic carbocycles. The number of benzene rings is 2. The summed E-state index contributed by atoms with van der Waals surface area (Å²) in [5, 5.41) is 7.97. The summed E-state index contributed by atoms with van der Waals surface area (Å²) in [5.74, 6) is 0. The molecule has 0 atom stereocenters. The van der Waals surface area contributed by atoms with E-state index in [0.717, 1.165) is 5.69 Å². The van der Waals surface area contributed by atoms with E-state index < -0.39 is 6.09 Å². The Morgan fingerprint density at radius 3 is 2.64 bits per heavy atom. The summed E-state index contributed by atoms with van der Waals surface area (Å²) in [5.41, 5.74) is 2.75. The number of anilines is 1. The summed E-state index contributed by atoms with van der Waals surface area (Å²) in [6.45, 7) is 1.84. The normalized spacial score (nSPS) is 10.5. The van der Waals surface area contributed by atoms with Gasteiger partial charge in [-0.15, -0.1) is 0 Å². The number of rotatable bonds is 4. The first kappa shape index (κ1) is 17.3. The topological polar surface area (TPSA) is 56.2 Å². The van der Waals surface area contributed by atoms with Gasteiger partial charge in [0.1, 0.15) is 11.8 Å². The van der Waals surface area contributed by atoms with Crippen molar-refractivity contribution in [2.75, 3.05) is 5.32 Å². The maximum atomic E-state index is 11.9. The minimum absolute atomic E-state index is 0.0178. The van der Waals surface area contributed by atoms with Crippen molar-refractivity contribution >= 4 is 35.0 Å². The van der Waals surface area contributed by atoms with Crippen LogP contribution in [0.15, 0.2) is 54.6 Å². The van der Waals surface area contributed by atoms with Gasteiger partial charge in [0.25, 0.3) is 0 Å². The molecule has 1 amide bonds. The number of aryl methyl sites for hydroxylation is 1. The summed E-state index contributed by atoms with van der Waals surface area (Å²) in [7, 11) is 0. The number of hydrogen-bond acceptors (Lipinski definition) is 3. The second-order valence-electron chi connectivity index (χ2n) is 5.31. The SMILES string of the molecule is Cc1nn(-c2ccccc2)c(Cl)c1COC(=O)Nc1cccc(Cl)c1. The molecule has 0 radical (unpaired) electrons. The Labute approximate surface area is 155 Å². The first-order valence-electron chi connectivity index (χ1n) is 7.53. The van der Waals surface area contributed by atoms with Crippen LogP contribution in [0.1, 0.15) is 11.3 Å². The number of hydrogen-bond donors (Lipinski definition) is 1. The van der Waals surface area contributed by atoms with Gasteiger partial charge in [-0.1, -0.05) is 47.5 Å². The third-order valence-electron chi connectivity index (χ3n) is 3.54. The molecule has 0 aliphatic heterocycles. The highest BCUT2D eigenvalue weighted by molar-refractivity contribution is 6.31. The maximum Gasteiger partial charge on any atom is 0.411 e. The largest absolute Gasteiger partial charge is 0.444 e. The van der Waals surface area contributed by atoms with Crippen LogP contribution in [0, 0.1) is 6.92 Å². The lowest BCUT2D eigenvalue weighted by molar-refractivity contribution is 0.155. The predicted octanol–water partition coefficient (Wildman–Crippen LogP) is 5.24. The van der Waals surface area contributed by atoms with E-state index in [1.165, 1.54) is 0 Å². The van der Waals surface area contributed by atoms with Crippen LogP contribution >= 0.6 is 23.2 Å². The monoisotopic (exact) mass is 375 g/mol. The predicted molar refractivity (Wildman–Crippen MR) is 98.6 cm³/mol. The van der Waals surface area contributed by atoms with Gasteiger partial charge in [-0.25, -0.2) is 9.48 Å². The fraction of sp³-hybridized carbons (Fsp3) is 0.111. The minimum Gasteiger partial charge on any atom is -0.444 e. The van der Waals surface area contributed by atoms with Crippen LogP contribution in [0.25, 0.3) is 5.69 Å². The molecule has 0 fully saturated rings. The molecule has 128 valence electrons. The number of ether oxygens (including phenoxy) is 1. The van der Waals surface area contributed by atoms with Crippen molar-refractivity contribution < 1.29 is 9.53 Å². The summed E-state index contributed by atoms with van der Waals surface area (Å²) < 4.78 is 6.87. The molecule has 3 aromatic rings. The quantitative estimate of drug-likeness (QED) is 0.678. The standard InChI is InChI=1S/C18H15Cl2N3O2/c1-12-16(17(20)23(22-12)15-8-3-2-4-9-15)11-25-18(24)21-14-7-5-6-13(19)10-14/h2-10H,11H2,1H3,(H,21,24). The van der Waals surface area contributed by atoms with Crippen LogP contribution < -0.4 is 5.32 Å². The molecule has 0 bridgehead atoms. The number of nitrogens with one attached hydrogen (secondary N) is 1. The van der Waals surface area contributed by atoms with Crippen LogP contribution in [0.4, 0.5) is 10.5 Å². The first-order chi connectivity index (χ1) is 12.0. The average molecular weight is 376 g/mol. The second kappa shape index (κ2) is 7.59. The van der Waals surface area contributed by atoms with E-state index in [1.807, 2.05) is 37.3 Å². The van der Waals surface area contributed by atoms with E-state index in [0.29, 0.717) is 27.1 Å².